The van der Waals surface area contributed by atoms with E-state index in [2.05, 4.69) is 49.6 Å². The van der Waals surface area contributed by atoms with Gasteiger partial charge in [0.25, 0.3) is 0 Å². The average molecular weight is 349 g/mol. The maximum absolute atomic E-state index is 5.98. The zero-order chi connectivity index (χ0) is 17.9. The fourth-order valence-electron chi connectivity index (χ4n) is 3.32. The zero-order valence-electron chi connectivity index (χ0n) is 14.8. The van der Waals surface area contributed by atoms with Crippen LogP contribution in [0, 0.1) is 6.92 Å². The van der Waals surface area contributed by atoms with E-state index in [1.54, 1.807) is 6.20 Å². The molecule has 2 heterocycles. The minimum atomic E-state index is 0.323. The molecule has 3 aromatic rings. The van der Waals surface area contributed by atoms with E-state index >= 15 is 0 Å². The molecule has 4 rings (SSSR count). The smallest absolute Gasteiger partial charge is 0.223 e. The number of benzene rings is 1. The van der Waals surface area contributed by atoms with Gasteiger partial charge in [-0.25, -0.2) is 19.9 Å². The lowest BCUT2D eigenvalue weighted by atomic mass is 9.92. The lowest BCUT2D eigenvalue weighted by Gasteiger charge is -2.26. The van der Waals surface area contributed by atoms with Gasteiger partial charge in [-0.05, 0) is 50.3 Å². The van der Waals surface area contributed by atoms with Gasteiger partial charge < -0.3 is 16.4 Å². The van der Waals surface area contributed by atoms with Gasteiger partial charge in [0.15, 0.2) is 5.82 Å². The van der Waals surface area contributed by atoms with Crippen molar-refractivity contribution in [2.45, 2.75) is 44.7 Å². The molecule has 0 unspecified atom stereocenters. The summed E-state index contributed by atoms with van der Waals surface area (Å²) in [5.41, 5.74) is 9.56. The highest BCUT2D eigenvalue weighted by molar-refractivity contribution is 5.87. The van der Waals surface area contributed by atoms with Crippen molar-refractivity contribution in [1.82, 2.24) is 19.9 Å². The molecule has 1 aliphatic rings. The molecule has 1 saturated carbocycles. The van der Waals surface area contributed by atoms with E-state index in [-0.39, 0.29) is 0 Å². The molecule has 4 N–H and O–H groups in total. The van der Waals surface area contributed by atoms with Crippen molar-refractivity contribution in [1.29, 1.82) is 0 Å². The van der Waals surface area contributed by atoms with E-state index in [4.69, 9.17) is 5.73 Å². The Bertz CT molecular complexity index is 903. The second-order valence-electron chi connectivity index (χ2n) is 6.90. The van der Waals surface area contributed by atoms with Crippen LogP contribution in [0.15, 0.2) is 36.8 Å². The third-order valence-electron chi connectivity index (χ3n) is 4.76. The van der Waals surface area contributed by atoms with Gasteiger partial charge in [0, 0.05) is 17.8 Å². The third kappa shape index (κ3) is 3.72. The van der Waals surface area contributed by atoms with Gasteiger partial charge in [0.05, 0.1) is 6.20 Å². The average Bonchev–Trinajstić information content (AvgIpc) is 2.64. The van der Waals surface area contributed by atoms with Crippen molar-refractivity contribution in [2.24, 2.45) is 5.73 Å². The van der Waals surface area contributed by atoms with E-state index in [0.29, 0.717) is 34.9 Å². The third-order valence-corrected chi connectivity index (χ3v) is 4.76. The number of hydrogen-bond donors (Lipinski definition) is 3. The van der Waals surface area contributed by atoms with Gasteiger partial charge in [0.2, 0.25) is 5.95 Å². The fraction of sp³-hybridized carbons (Fsp3) is 0.368. The monoisotopic (exact) mass is 349 g/mol. The first-order valence-corrected chi connectivity index (χ1v) is 9.01. The molecule has 0 bridgehead atoms. The van der Waals surface area contributed by atoms with Crippen LogP contribution >= 0.6 is 0 Å². The molecule has 0 spiro atoms. The van der Waals surface area contributed by atoms with E-state index in [9.17, 15) is 0 Å². The maximum atomic E-state index is 5.98. The van der Waals surface area contributed by atoms with Crippen LogP contribution in [0.25, 0.3) is 11.0 Å². The minimum Gasteiger partial charge on any atom is -0.351 e. The minimum absolute atomic E-state index is 0.323. The summed E-state index contributed by atoms with van der Waals surface area (Å²) in [7, 11) is 0. The molecule has 0 atom stereocenters. The summed E-state index contributed by atoms with van der Waals surface area (Å²) in [5, 5.41) is 6.77. The molecule has 0 radical (unpaired) electrons. The number of aryl methyl sites for hydroxylation is 1. The summed E-state index contributed by atoms with van der Waals surface area (Å²) in [6, 6.07) is 8.83. The Morgan fingerprint density at radius 2 is 1.92 bits per heavy atom. The molecule has 0 aliphatic heterocycles. The maximum Gasteiger partial charge on any atom is 0.223 e. The van der Waals surface area contributed by atoms with Crippen LogP contribution in [-0.4, -0.2) is 32.0 Å². The van der Waals surface area contributed by atoms with Crippen LogP contribution < -0.4 is 16.4 Å². The first kappa shape index (κ1) is 16.7. The Kier molecular flexibility index (Phi) is 4.62. The van der Waals surface area contributed by atoms with E-state index < -0.39 is 0 Å². The molecule has 7 heteroatoms. The van der Waals surface area contributed by atoms with Gasteiger partial charge in [0.1, 0.15) is 17.4 Å². The summed E-state index contributed by atoms with van der Waals surface area (Å²) in [5.74, 6) is 1.29. The van der Waals surface area contributed by atoms with Gasteiger partial charge in [-0.2, -0.15) is 0 Å². The van der Waals surface area contributed by atoms with Crippen LogP contribution in [0.3, 0.4) is 0 Å². The molecule has 1 aliphatic carbocycles. The van der Waals surface area contributed by atoms with Gasteiger partial charge in [-0.3, -0.25) is 0 Å². The molecule has 0 amide bonds. The Morgan fingerprint density at radius 3 is 2.73 bits per heavy atom. The predicted octanol–water partition coefficient (Wildman–Crippen LogP) is 3.15. The predicted molar refractivity (Wildman–Crippen MR) is 103 cm³/mol. The van der Waals surface area contributed by atoms with E-state index in [0.717, 1.165) is 31.4 Å². The van der Waals surface area contributed by atoms with Crippen molar-refractivity contribution in [3.05, 3.63) is 42.4 Å². The van der Waals surface area contributed by atoms with Gasteiger partial charge in [-0.1, -0.05) is 12.1 Å². The van der Waals surface area contributed by atoms with Crippen LogP contribution in [-0.2, 0) is 0 Å². The number of hydrogen-bond acceptors (Lipinski definition) is 7. The van der Waals surface area contributed by atoms with Gasteiger partial charge in [-0.15, -0.1) is 0 Å². The van der Waals surface area contributed by atoms with Crippen molar-refractivity contribution in [2.75, 3.05) is 10.6 Å². The summed E-state index contributed by atoms with van der Waals surface area (Å²) in [6.07, 6.45) is 7.43. The number of nitrogens with two attached hydrogens (primary N) is 1. The van der Waals surface area contributed by atoms with Crippen LogP contribution in [0.5, 0.6) is 0 Å². The van der Waals surface area contributed by atoms with Crippen molar-refractivity contribution in [3.63, 3.8) is 0 Å². The topological polar surface area (TPSA) is 102 Å². The highest BCUT2D eigenvalue weighted by Gasteiger charge is 2.19. The molecular formula is C19H23N7. The van der Waals surface area contributed by atoms with Crippen LogP contribution in [0.1, 0.15) is 31.2 Å². The molecule has 26 heavy (non-hydrogen) atoms. The van der Waals surface area contributed by atoms with Crippen LogP contribution in [0.2, 0.25) is 0 Å². The molecule has 134 valence electrons. The summed E-state index contributed by atoms with van der Waals surface area (Å²) in [6.45, 7) is 2.06. The number of nitrogens with one attached hydrogen (secondary N) is 2. The van der Waals surface area contributed by atoms with E-state index in [1.807, 2.05) is 12.1 Å². The highest BCUT2D eigenvalue weighted by Crippen LogP contribution is 2.24. The Balaban J connectivity index is 1.60. The number of aromatic nitrogens is 4. The lowest BCUT2D eigenvalue weighted by molar-refractivity contribution is 0.410. The standard InChI is InChI=1S/C19H23N7/c1-12-3-2-4-15(9-12)24-18-17-16(22-11-23-18)10-21-19(26-17)25-14-7-5-13(20)6-8-14/h2-4,9-11,13-14H,5-8,20H2,1H3,(H,21,25,26)(H,22,23,24). The second kappa shape index (κ2) is 7.21. The first-order valence-electron chi connectivity index (χ1n) is 9.01. The Hall–Kier alpha value is -2.80. The number of nitrogens with zero attached hydrogens (tertiary/aromatic N) is 4. The summed E-state index contributed by atoms with van der Waals surface area (Å²) < 4.78 is 0. The molecular weight excluding hydrogens is 326 g/mol. The number of anilines is 3. The summed E-state index contributed by atoms with van der Waals surface area (Å²) >= 11 is 0. The SMILES string of the molecule is Cc1cccc(Nc2ncnc3cnc(NC4CCC(N)CC4)nc23)c1. The second-order valence-corrected chi connectivity index (χ2v) is 6.90. The van der Waals surface area contributed by atoms with Gasteiger partial charge >= 0.3 is 0 Å². The van der Waals surface area contributed by atoms with Crippen LogP contribution in [0.4, 0.5) is 17.5 Å². The highest BCUT2D eigenvalue weighted by atomic mass is 15.1. The quantitative estimate of drug-likeness (QED) is 0.665. The fourth-order valence-corrected chi connectivity index (χ4v) is 3.32. The molecule has 2 aromatic heterocycles. The molecule has 1 fully saturated rings. The Morgan fingerprint density at radius 1 is 1.08 bits per heavy atom. The Labute approximate surface area is 152 Å². The number of rotatable bonds is 4. The number of fused-ring (bicyclic) bond motifs is 1. The molecule has 1 aromatic carbocycles. The van der Waals surface area contributed by atoms with Crippen molar-refractivity contribution in [3.8, 4) is 0 Å². The van der Waals surface area contributed by atoms with E-state index in [1.165, 1.54) is 11.9 Å². The van der Waals surface area contributed by atoms with Crippen molar-refractivity contribution >= 4 is 28.5 Å². The molecule has 0 saturated heterocycles. The van der Waals surface area contributed by atoms with Crippen molar-refractivity contribution < 1.29 is 0 Å². The zero-order valence-corrected chi connectivity index (χ0v) is 14.8. The molecule has 7 nitrogen and oxygen atoms in total. The largest absolute Gasteiger partial charge is 0.351 e. The first-order chi connectivity index (χ1) is 12.7. The summed E-state index contributed by atoms with van der Waals surface area (Å²) in [4.78, 5) is 17.7. The lowest BCUT2D eigenvalue weighted by Crippen LogP contribution is -2.33. The normalized spacial score (nSPS) is 20.1.